The summed E-state index contributed by atoms with van der Waals surface area (Å²) in [6.07, 6.45) is 0. The van der Waals surface area contributed by atoms with Gasteiger partial charge in [0.2, 0.25) is 0 Å². The van der Waals surface area contributed by atoms with Crippen LogP contribution in [-0.2, 0) is 0 Å². The Labute approximate surface area is 248 Å². The van der Waals surface area contributed by atoms with E-state index in [0.717, 1.165) is 22.3 Å². The largest absolute Gasteiger partial charge is 0.308 e. The zero-order chi connectivity index (χ0) is 28.3. The van der Waals surface area contributed by atoms with Gasteiger partial charge in [-0.25, -0.2) is 15.0 Å². The van der Waals surface area contributed by atoms with Gasteiger partial charge in [0.15, 0.2) is 17.5 Å². The van der Waals surface area contributed by atoms with Crippen LogP contribution < -0.4 is 0 Å². The summed E-state index contributed by atoms with van der Waals surface area (Å²) in [6.45, 7) is 0. The van der Waals surface area contributed by atoms with Crippen LogP contribution in [0.15, 0.2) is 146 Å². The normalized spacial score (nSPS) is 11.7. The van der Waals surface area contributed by atoms with Crippen molar-refractivity contribution >= 4 is 21.8 Å². The van der Waals surface area contributed by atoms with E-state index in [2.05, 4.69) is 89.5 Å². The molecule has 8 aromatic rings. The van der Waals surface area contributed by atoms with Crippen molar-refractivity contribution in [1.82, 2.24) is 19.5 Å². The Morgan fingerprint density at radius 1 is 0.372 bits per heavy atom. The molecule has 0 atom stereocenters. The van der Waals surface area contributed by atoms with Crippen LogP contribution in [0, 0.1) is 0 Å². The van der Waals surface area contributed by atoms with Crippen molar-refractivity contribution in [2.75, 3.05) is 0 Å². The molecule has 0 unspecified atom stereocenters. The molecule has 3 heterocycles. The van der Waals surface area contributed by atoms with E-state index < -0.39 is 0 Å². The van der Waals surface area contributed by atoms with Gasteiger partial charge in [0, 0.05) is 38.6 Å². The van der Waals surface area contributed by atoms with Gasteiger partial charge >= 0.3 is 0 Å². The molecule has 0 spiro atoms. The van der Waals surface area contributed by atoms with Crippen molar-refractivity contribution in [1.29, 1.82) is 0 Å². The lowest BCUT2D eigenvalue weighted by Gasteiger charge is -2.14. The molecule has 1 aliphatic rings. The predicted octanol–water partition coefficient (Wildman–Crippen LogP) is 9.62. The van der Waals surface area contributed by atoms with Crippen molar-refractivity contribution in [2.45, 2.75) is 0 Å². The minimum Gasteiger partial charge on any atom is -0.308 e. The highest BCUT2D eigenvalue weighted by Gasteiger charge is 2.25. The zero-order valence-electron chi connectivity index (χ0n) is 23.1. The molecule has 0 amide bonds. The molecular formula is C39H24N4. The van der Waals surface area contributed by atoms with E-state index in [1.54, 1.807) is 0 Å². The van der Waals surface area contributed by atoms with Crippen molar-refractivity contribution in [3.63, 3.8) is 0 Å². The lowest BCUT2D eigenvalue weighted by Crippen LogP contribution is -2.00. The molecule has 0 bridgehead atoms. The van der Waals surface area contributed by atoms with Crippen LogP contribution >= 0.6 is 0 Å². The standard InChI is InChI=1S/C39H24N4/c1-3-12-25(13-4-1)37-40-38(26-14-5-2-6-15-26)42-39(41-37)27-22-23-28-31-18-11-19-32-29-16-7-9-20-34(29)43(36(31)32)35-21-10-8-17-30(35)33(28)24-27/h1-24H. The molecule has 4 nitrogen and oxygen atoms in total. The second-order valence-electron chi connectivity index (χ2n) is 10.9. The number of hydrogen-bond donors (Lipinski definition) is 0. The minimum atomic E-state index is 0.653. The van der Waals surface area contributed by atoms with Gasteiger partial charge in [0.25, 0.3) is 0 Å². The Balaban J connectivity index is 1.32. The Kier molecular flexibility index (Phi) is 5.16. The van der Waals surface area contributed by atoms with Gasteiger partial charge < -0.3 is 4.57 Å². The molecule has 0 saturated carbocycles. The fraction of sp³-hybridized carbons (Fsp3) is 0. The fourth-order valence-electron chi connectivity index (χ4n) is 6.46. The molecule has 2 aromatic heterocycles. The third kappa shape index (κ3) is 3.67. The summed E-state index contributed by atoms with van der Waals surface area (Å²) >= 11 is 0. The summed E-state index contributed by atoms with van der Waals surface area (Å²) in [7, 11) is 0. The first kappa shape index (κ1) is 23.8. The number of nitrogens with zero attached hydrogens (tertiary/aromatic N) is 4. The molecule has 1 aliphatic heterocycles. The quantitative estimate of drug-likeness (QED) is 0.221. The highest BCUT2D eigenvalue weighted by molar-refractivity contribution is 6.16. The Morgan fingerprint density at radius 3 is 1.70 bits per heavy atom. The lowest BCUT2D eigenvalue weighted by atomic mass is 9.92. The maximum Gasteiger partial charge on any atom is 0.164 e. The number of para-hydroxylation sites is 3. The molecule has 0 radical (unpaired) electrons. The van der Waals surface area contributed by atoms with Gasteiger partial charge in [-0.05, 0) is 29.3 Å². The van der Waals surface area contributed by atoms with Crippen LogP contribution in [0.4, 0.5) is 0 Å². The summed E-state index contributed by atoms with van der Waals surface area (Å²) in [5, 5.41) is 2.53. The van der Waals surface area contributed by atoms with Crippen molar-refractivity contribution in [2.24, 2.45) is 0 Å². The molecule has 9 rings (SSSR count). The number of hydrogen-bond acceptors (Lipinski definition) is 3. The van der Waals surface area contributed by atoms with Crippen LogP contribution in [0.25, 0.3) is 83.9 Å². The average molecular weight is 549 g/mol. The summed E-state index contributed by atoms with van der Waals surface area (Å²) in [4.78, 5) is 14.9. The van der Waals surface area contributed by atoms with Gasteiger partial charge in [-0.1, -0.05) is 127 Å². The molecule has 4 heteroatoms. The first-order valence-corrected chi connectivity index (χ1v) is 14.5. The maximum absolute atomic E-state index is 5.01. The smallest absolute Gasteiger partial charge is 0.164 e. The molecule has 43 heavy (non-hydrogen) atoms. The monoisotopic (exact) mass is 548 g/mol. The SMILES string of the molecule is c1ccc(-c2nc(-c3ccccc3)nc(-c3ccc4c(c3)-c3ccccc3-n3c5ccccc5c5cccc-4c53)n2)cc1. The Bertz CT molecular complexity index is 2280. The molecule has 200 valence electrons. The van der Waals surface area contributed by atoms with Crippen LogP contribution in [0.2, 0.25) is 0 Å². The predicted molar refractivity (Wildman–Crippen MR) is 175 cm³/mol. The summed E-state index contributed by atoms with van der Waals surface area (Å²) in [6, 6.07) is 50.9. The van der Waals surface area contributed by atoms with Crippen LogP contribution in [0.5, 0.6) is 0 Å². The Hall–Kier alpha value is -5.87. The van der Waals surface area contributed by atoms with Crippen LogP contribution in [0.3, 0.4) is 0 Å². The average Bonchev–Trinajstić information content (AvgIpc) is 3.37. The number of rotatable bonds is 3. The van der Waals surface area contributed by atoms with Crippen LogP contribution in [-0.4, -0.2) is 19.5 Å². The third-order valence-corrected chi connectivity index (χ3v) is 8.40. The molecule has 0 fully saturated rings. The van der Waals surface area contributed by atoms with Gasteiger partial charge in [-0.2, -0.15) is 0 Å². The van der Waals surface area contributed by atoms with E-state index in [0.29, 0.717) is 17.5 Å². The lowest BCUT2D eigenvalue weighted by molar-refractivity contribution is 1.07. The van der Waals surface area contributed by atoms with E-state index >= 15 is 0 Å². The van der Waals surface area contributed by atoms with Crippen molar-refractivity contribution < 1.29 is 0 Å². The highest BCUT2D eigenvalue weighted by atomic mass is 15.0. The molecule has 6 aromatic carbocycles. The van der Waals surface area contributed by atoms with Gasteiger partial charge in [0.1, 0.15) is 0 Å². The molecule has 0 aliphatic carbocycles. The third-order valence-electron chi connectivity index (χ3n) is 8.40. The highest BCUT2D eigenvalue weighted by Crippen LogP contribution is 2.47. The first-order valence-electron chi connectivity index (χ1n) is 14.5. The van der Waals surface area contributed by atoms with Gasteiger partial charge in [-0.3, -0.25) is 0 Å². The van der Waals surface area contributed by atoms with E-state index in [9.17, 15) is 0 Å². The molecule has 0 N–H and O–H groups in total. The van der Waals surface area contributed by atoms with Gasteiger partial charge in [-0.15, -0.1) is 0 Å². The molecule has 0 saturated heterocycles. The second-order valence-corrected chi connectivity index (χ2v) is 10.9. The summed E-state index contributed by atoms with van der Waals surface area (Å²) < 4.78 is 2.43. The zero-order valence-corrected chi connectivity index (χ0v) is 23.1. The minimum absolute atomic E-state index is 0.653. The van der Waals surface area contributed by atoms with E-state index in [4.69, 9.17) is 15.0 Å². The maximum atomic E-state index is 5.01. The van der Waals surface area contributed by atoms with Crippen molar-refractivity contribution in [3.05, 3.63) is 146 Å². The summed E-state index contributed by atoms with van der Waals surface area (Å²) in [5.41, 5.74) is 11.2. The number of fused-ring (bicyclic) bond motifs is 8. The first-order chi connectivity index (χ1) is 21.3. The van der Waals surface area contributed by atoms with E-state index in [1.807, 2.05) is 60.7 Å². The fourth-order valence-corrected chi connectivity index (χ4v) is 6.46. The molecular weight excluding hydrogens is 524 g/mol. The number of benzene rings is 6. The topological polar surface area (TPSA) is 43.6 Å². The Morgan fingerprint density at radius 2 is 0.953 bits per heavy atom. The summed E-state index contributed by atoms with van der Waals surface area (Å²) in [5.74, 6) is 1.97. The van der Waals surface area contributed by atoms with E-state index in [-0.39, 0.29) is 0 Å². The van der Waals surface area contributed by atoms with Gasteiger partial charge in [0.05, 0.1) is 16.7 Å². The van der Waals surface area contributed by atoms with Crippen molar-refractivity contribution in [3.8, 4) is 62.1 Å². The second kappa shape index (κ2) is 9.33. The number of aromatic nitrogens is 4. The van der Waals surface area contributed by atoms with Crippen LogP contribution in [0.1, 0.15) is 0 Å². The van der Waals surface area contributed by atoms with E-state index in [1.165, 1.54) is 44.2 Å².